The van der Waals surface area contributed by atoms with E-state index in [-0.39, 0.29) is 12.3 Å². The third-order valence-electron chi connectivity index (χ3n) is 5.90. The lowest BCUT2D eigenvalue weighted by atomic mass is 10.1. The average molecular weight is 460 g/mol. The smallest absolute Gasteiger partial charge is 0.410 e. The standard InChI is InChI=1S/C24H33N3O6/c1-24(2,3)33-23(32)27-14-8-12-19(27)21(29)26-13-7-11-18(26)20(28)25-17(22(30)31)15-16-9-5-4-6-10-16/h4-6,9-10,17-19H,7-8,11-15H2,1-3H3,(H,25,28)(H,30,31)/t17-,18-,19-/m0/s1. The van der Waals surface area contributed by atoms with Crippen molar-refractivity contribution in [2.24, 2.45) is 0 Å². The minimum atomic E-state index is -1.13. The number of ether oxygens (including phenoxy) is 1. The fourth-order valence-corrected chi connectivity index (χ4v) is 4.37. The molecule has 33 heavy (non-hydrogen) atoms. The number of aliphatic carboxylic acids is 1. The number of nitrogens with zero attached hydrogens (tertiary/aromatic N) is 2. The van der Waals surface area contributed by atoms with Crippen LogP contribution in [0.5, 0.6) is 0 Å². The average Bonchev–Trinajstić information content (AvgIpc) is 3.42. The molecule has 1 aromatic rings. The van der Waals surface area contributed by atoms with Gasteiger partial charge in [0.05, 0.1) is 0 Å². The van der Waals surface area contributed by atoms with Crippen molar-refractivity contribution in [2.45, 2.75) is 76.6 Å². The molecule has 0 bridgehead atoms. The lowest BCUT2D eigenvalue weighted by Crippen LogP contribution is -2.55. The molecule has 3 rings (SSSR count). The van der Waals surface area contributed by atoms with E-state index in [0.29, 0.717) is 38.8 Å². The van der Waals surface area contributed by atoms with Crippen molar-refractivity contribution >= 4 is 23.9 Å². The normalized spacial score (nSPS) is 21.5. The number of likely N-dealkylation sites (tertiary alicyclic amines) is 2. The predicted molar refractivity (Wildman–Crippen MR) is 120 cm³/mol. The summed E-state index contributed by atoms with van der Waals surface area (Å²) < 4.78 is 5.45. The van der Waals surface area contributed by atoms with Crippen molar-refractivity contribution in [3.05, 3.63) is 35.9 Å². The van der Waals surface area contributed by atoms with Crippen molar-refractivity contribution < 1.29 is 29.0 Å². The second-order valence-corrected chi connectivity index (χ2v) is 9.61. The van der Waals surface area contributed by atoms with Crippen LogP contribution in [0, 0.1) is 0 Å². The number of carboxylic acid groups (broad SMARTS) is 1. The number of carbonyl (C=O) groups is 4. The maximum Gasteiger partial charge on any atom is 0.410 e. The zero-order valence-electron chi connectivity index (χ0n) is 19.5. The monoisotopic (exact) mass is 459 g/mol. The summed E-state index contributed by atoms with van der Waals surface area (Å²) in [6.07, 6.45) is 1.89. The Labute approximate surface area is 194 Å². The van der Waals surface area contributed by atoms with Crippen LogP contribution >= 0.6 is 0 Å². The molecule has 0 unspecified atom stereocenters. The molecule has 9 heteroatoms. The number of carboxylic acids is 1. The zero-order chi connectivity index (χ0) is 24.2. The van der Waals surface area contributed by atoms with Crippen molar-refractivity contribution in [3.8, 4) is 0 Å². The Bertz CT molecular complexity index is 882. The van der Waals surface area contributed by atoms with Crippen LogP contribution in [0.4, 0.5) is 4.79 Å². The first kappa shape index (κ1) is 24.5. The van der Waals surface area contributed by atoms with E-state index in [9.17, 15) is 24.3 Å². The topological polar surface area (TPSA) is 116 Å². The maximum absolute atomic E-state index is 13.3. The van der Waals surface area contributed by atoms with Crippen molar-refractivity contribution in [3.63, 3.8) is 0 Å². The molecule has 0 radical (unpaired) electrons. The molecular formula is C24H33N3O6. The van der Waals surface area contributed by atoms with Crippen LogP contribution in [0.1, 0.15) is 52.0 Å². The van der Waals surface area contributed by atoms with Gasteiger partial charge in [0.2, 0.25) is 11.8 Å². The molecule has 1 aromatic carbocycles. The van der Waals surface area contributed by atoms with E-state index in [0.717, 1.165) is 5.56 Å². The molecule has 0 aromatic heterocycles. The minimum Gasteiger partial charge on any atom is -0.480 e. The van der Waals surface area contributed by atoms with E-state index >= 15 is 0 Å². The summed E-state index contributed by atoms with van der Waals surface area (Å²) in [5.41, 5.74) is 0.122. The molecule has 2 saturated heterocycles. The number of benzene rings is 1. The second-order valence-electron chi connectivity index (χ2n) is 9.61. The van der Waals surface area contributed by atoms with Gasteiger partial charge < -0.3 is 20.1 Å². The number of hydrogen-bond acceptors (Lipinski definition) is 5. The molecule has 180 valence electrons. The zero-order valence-corrected chi connectivity index (χ0v) is 19.5. The van der Waals surface area contributed by atoms with E-state index in [1.54, 1.807) is 32.9 Å². The quantitative estimate of drug-likeness (QED) is 0.674. The van der Waals surface area contributed by atoms with Crippen LogP contribution in [0.3, 0.4) is 0 Å². The van der Waals surface area contributed by atoms with Crippen molar-refractivity contribution in [2.75, 3.05) is 13.1 Å². The molecule has 3 atom stereocenters. The fourth-order valence-electron chi connectivity index (χ4n) is 4.37. The van der Waals surface area contributed by atoms with Gasteiger partial charge >= 0.3 is 12.1 Å². The lowest BCUT2D eigenvalue weighted by molar-refractivity contribution is -0.145. The van der Waals surface area contributed by atoms with Gasteiger partial charge in [0.15, 0.2) is 0 Å². The summed E-state index contributed by atoms with van der Waals surface area (Å²) in [5, 5.41) is 12.2. The van der Waals surface area contributed by atoms with Crippen LogP contribution in [0.15, 0.2) is 30.3 Å². The minimum absolute atomic E-state index is 0.150. The Morgan fingerprint density at radius 3 is 2.24 bits per heavy atom. The highest BCUT2D eigenvalue weighted by molar-refractivity contribution is 5.93. The highest BCUT2D eigenvalue weighted by Gasteiger charge is 2.43. The van der Waals surface area contributed by atoms with Gasteiger partial charge in [-0.3, -0.25) is 14.5 Å². The molecule has 2 aliphatic rings. The van der Waals surface area contributed by atoms with Gasteiger partial charge in [-0.2, -0.15) is 0 Å². The molecular weight excluding hydrogens is 426 g/mol. The third kappa shape index (κ3) is 6.24. The van der Waals surface area contributed by atoms with Gasteiger partial charge in [-0.15, -0.1) is 0 Å². The molecule has 2 aliphatic heterocycles. The Hall–Kier alpha value is -3.10. The summed E-state index contributed by atoms with van der Waals surface area (Å²) in [6.45, 7) is 6.13. The van der Waals surface area contributed by atoms with E-state index in [2.05, 4.69) is 5.32 Å². The molecule has 2 heterocycles. The highest BCUT2D eigenvalue weighted by Crippen LogP contribution is 2.26. The van der Waals surface area contributed by atoms with Gasteiger partial charge in [0, 0.05) is 19.5 Å². The third-order valence-corrected chi connectivity index (χ3v) is 5.90. The molecule has 9 nitrogen and oxygen atoms in total. The number of hydrogen-bond donors (Lipinski definition) is 2. The molecule has 3 amide bonds. The molecule has 2 N–H and O–H groups in total. The van der Waals surface area contributed by atoms with Crippen LogP contribution in [-0.4, -0.2) is 75.6 Å². The fraction of sp³-hybridized carbons (Fsp3) is 0.583. The van der Waals surface area contributed by atoms with Gasteiger partial charge in [-0.1, -0.05) is 30.3 Å². The van der Waals surface area contributed by atoms with E-state index in [1.807, 2.05) is 18.2 Å². The summed E-state index contributed by atoms with van der Waals surface area (Å²) >= 11 is 0. The first-order valence-corrected chi connectivity index (χ1v) is 11.4. The van der Waals surface area contributed by atoms with E-state index in [4.69, 9.17) is 4.74 Å². The molecule has 2 fully saturated rings. The summed E-state index contributed by atoms with van der Waals surface area (Å²) in [6, 6.07) is 6.55. The number of nitrogens with one attached hydrogen (secondary N) is 1. The van der Waals surface area contributed by atoms with Crippen LogP contribution in [-0.2, 0) is 25.5 Å². The highest BCUT2D eigenvalue weighted by atomic mass is 16.6. The predicted octanol–water partition coefficient (Wildman–Crippen LogP) is 2.19. The SMILES string of the molecule is CC(C)(C)OC(=O)N1CCC[C@H]1C(=O)N1CCC[C@H]1C(=O)N[C@@H](Cc1ccccc1)C(=O)O. The van der Waals surface area contributed by atoms with Gasteiger partial charge in [0.1, 0.15) is 23.7 Å². The summed E-state index contributed by atoms with van der Waals surface area (Å²) in [5.74, 6) is -1.90. The van der Waals surface area contributed by atoms with Crippen LogP contribution in [0.2, 0.25) is 0 Å². The Balaban J connectivity index is 1.67. The maximum atomic E-state index is 13.3. The Morgan fingerprint density at radius 1 is 1.03 bits per heavy atom. The van der Waals surface area contributed by atoms with Gasteiger partial charge in [0.25, 0.3) is 0 Å². The first-order valence-electron chi connectivity index (χ1n) is 11.4. The largest absolute Gasteiger partial charge is 0.480 e. The number of rotatable bonds is 6. The molecule has 0 aliphatic carbocycles. The summed E-state index contributed by atoms with van der Waals surface area (Å²) in [4.78, 5) is 53.6. The number of amides is 3. The Morgan fingerprint density at radius 2 is 1.64 bits per heavy atom. The summed E-state index contributed by atoms with van der Waals surface area (Å²) in [7, 11) is 0. The first-order chi connectivity index (χ1) is 15.6. The van der Waals surface area contributed by atoms with Crippen molar-refractivity contribution in [1.82, 2.24) is 15.1 Å². The molecule has 0 saturated carbocycles. The van der Waals surface area contributed by atoms with Gasteiger partial charge in [-0.05, 0) is 52.0 Å². The van der Waals surface area contributed by atoms with E-state index in [1.165, 1.54) is 9.80 Å². The number of carbonyl (C=O) groups excluding carboxylic acids is 3. The van der Waals surface area contributed by atoms with Crippen LogP contribution < -0.4 is 5.32 Å². The lowest BCUT2D eigenvalue weighted by Gasteiger charge is -2.32. The molecule has 0 spiro atoms. The van der Waals surface area contributed by atoms with E-state index < -0.39 is 41.7 Å². The second kappa shape index (κ2) is 10.2. The van der Waals surface area contributed by atoms with Crippen LogP contribution in [0.25, 0.3) is 0 Å². The van der Waals surface area contributed by atoms with Gasteiger partial charge in [-0.25, -0.2) is 9.59 Å². The van der Waals surface area contributed by atoms with Crippen molar-refractivity contribution in [1.29, 1.82) is 0 Å². The Kier molecular flexibility index (Phi) is 7.61.